The minimum atomic E-state index is -0.539. The first-order valence-corrected chi connectivity index (χ1v) is 20.4. The van der Waals surface area contributed by atoms with Crippen LogP contribution in [0, 0.1) is 21.4 Å². The normalized spacial score (nSPS) is 11.4. The van der Waals surface area contributed by atoms with Gasteiger partial charge in [-0.2, -0.15) is 5.26 Å². The van der Waals surface area contributed by atoms with Crippen molar-refractivity contribution >= 4 is 35.7 Å². The quantitative estimate of drug-likeness (QED) is 0.0427. The van der Waals surface area contributed by atoms with E-state index in [-0.39, 0.29) is 11.3 Å². The highest BCUT2D eigenvalue weighted by Gasteiger charge is 2.13. The first-order valence-electron chi connectivity index (χ1n) is 20.4. The monoisotopic (exact) mass is 705 g/mol. The van der Waals surface area contributed by atoms with Gasteiger partial charge in [-0.05, 0) is 65.9 Å². The molecule has 0 spiro atoms. The van der Waals surface area contributed by atoms with Gasteiger partial charge < -0.3 is 4.90 Å². The SMILES string of the molecule is CCCCCCCCCCCCN(CCCCCCCCCCCC)c1ccc(C=Cc2ccc(C=Cc3ccc([N+](=O)[O-])c(C#N)c3)nc2)cc1. The lowest BCUT2D eigenvalue weighted by atomic mass is 10.1. The third kappa shape index (κ3) is 17.3. The number of rotatable bonds is 28. The van der Waals surface area contributed by atoms with Crippen LogP contribution in [0.3, 0.4) is 0 Å². The van der Waals surface area contributed by atoms with E-state index in [1.54, 1.807) is 12.1 Å². The summed E-state index contributed by atoms with van der Waals surface area (Å²) < 4.78 is 0. The van der Waals surface area contributed by atoms with E-state index in [1.165, 1.54) is 146 Å². The Balaban J connectivity index is 1.50. The predicted octanol–water partition coefficient (Wildman–Crippen LogP) is 13.9. The number of hydrogen-bond acceptors (Lipinski definition) is 5. The fourth-order valence-corrected chi connectivity index (χ4v) is 6.64. The number of nitriles is 1. The summed E-state index contributed by atoms with van der Waals surface area (Å²) >= 11 is 0. The molecule has 0 aliphatic rings. The largest absolute Gasteiger partial charge is 0.372 e. The molecule has 0 bridgehead atoms. The third-order valence-electron chi connectivity index (χ3n) is 9.88. The molecular weight excluding hydrogens is 641 g/mol. The summed E-state index contributed by atoms with van der Waals surface area (Å²) in [5, 5.41) is 20.3. The fraction of sp³-hybridized carbons (Fsp3) is 0.522. The van der Waals surface area contributed by atoms with E-state index in [9.17, 15) is 15.4 Å². The molecule has 0 radical (unpaired) electrons. The van der Waals surface area contributed by atoms with E-state index in [4.69, 9.17) is 0 Å². The number of aromatic nitrogens is 1. The molecule has 0 saturated carbocycles. The smallest absolute Gasteiger partial charge is 0.287 e. The summed E-state index contributed by atoms with van der Waals surface area (Å²) in [6, 6.07) is 19.4. The molecule has 2 aromatic carbocycles. The summed E-state index contributed by atoms with van der Waals surface area (Å²) in [5.41, 5.74) is 4.84. The minimum Gasteiger partial charge on any atom is -0.372 e. The van der Waals surface area contributed by atoms with Crippen molar-refractivity contribution < 1.29 is 4.92 Å². The Labute approximate surface area is 315 Å². The highest BCUT2D eigenvalue weighted by Crippen LogP contribution is 2.22. The Hall–Kier alpha value is -4.24. The van der Waals surface area contributed by atoms with Gasteiger partial charge in [0.05, 0.1) is 10.6 Å². The van der Waals surface area contributed by atoms with Gasteiger partial charge in [0.1, 0.15) is 11.6 Å². The van der Waals surface area contributed by atoms with Gasteiger partial charge in [-0.15, -0.1) is 0 Å². The van der Waals surface area contributed by atoms with Crippen LogP contribution in [-0.2, 0) is 0 Å². The fourth-order valence-electron chi connectivity index (χ4n) is 6.64. The summed E-state index contributed by atoms with van der Waals surface area (Å²) in [6.07, 6.45) is 37.0. The lowest BCUT2D eigenvalue weighted by molar-refractivity contribution is -0.385. The number of benzene rings is 2. The van der Waals surface area contributed by atoms with Gasteiger partial charge >= 0.3 is 0 Å². The second kappa shape index (κ2) is 26.5. The number of nitro groups is 1. The molecule has 0 aliphatic carbocycles. The van der Waals surface area contributed by atoms with Gasteiger partial charge in [0, 0.05) is 31.0 Å². The second-order valence-electron chi connectivity index (χ2n) is 14.3. The number of pyridine rings is 1. The highest BCUT2D eigenvalue weighted by atomic mass is 16.6. The number of nitrogens with zero attached hydrogens (tertiary/aromatic N) is 4. The molecule has 52 heavy (non-hydrogen) atoms. The van der Waals surface area contributed by atoms with Gasteiger partial charge in [-0.25, -0.2) is 0 Å². The maximum atomic E-state index is 11.1. The van der Waals surface area contributed by atoms with Gasteiger partial charge in [0.15, 0.2) is 0 Å². The van der Waals surface area contributed by atoms with Crippen LogP contribution in [0.15, 0.2) is 60.8 Å². The number of anilines is 1. The first kappa shape index (κ1) is 42.2. The maximum Gasteiger partial charge on any atom is 0.287 e. The summed E-state index contributed by atoms with van der Waals surface area (Å²) in [5.74, 6) is 0. The van der Waals surface area contributed by atoms with E-state index >= 15 is 0 Å². The molecule has 3 aromatic rings. The van der Waals surface area contributed by atoms with Gasteiger partial charge in [-0.3, -0.25) is 15.1 Å². The average Bonchev–Trinajstić information content (AvgIpc) is 3.17. The Kier molecular flexibility index (Phi) is 21.5. The van der Waals surface area contributed by atoms with Crippen LogP contribution < -0.4 is 4.90 Å². The van der Waals surface area contributed by atoms with Crippen LogP contribution in [0.25, 0.3) is 24.3 Å². The third-order valence-corrected chi connectivity index (χ3v) is 9.88. The summed E-state index contributed by atoms with van der Waals surface area (Å²) in [6.45, 7) is 6.85. The zero-order valence-corrected chi connectivity index (χ0v) is 32.2. The lowest BCUT2D eigenvalue weighted by Crippen LogP contribution is -2.25. The molecule has 0 atom stereocenters. The molecule has 0 N–H and O–H groups in total. The summed E-state index contributed by atoms with van der Waals surface area (Å²) in [4.78, 5) is 17.7. The molecule has 6 nitrogen and oxygen atoms in total. The van der Waals surface area contributed by atoms with E-state index in [2.05, 4.69) is 60.1 Å². The van der Waals surface area contributed by atoms with E-state index in [0.717, 1.165) is 29.9 Å². The molecule has 0 aliphatic heterocycles. The summed E-state index contributed by atoms with van der Waals surface area (Å²) in [7, 11) is 0. The molecule has 1 heterocycles. The Morgan fingerprint density at radius 3 is 1.56 bits per heavy atom. The molecule has 0 saturated heterocycles. The Morgan fingerprint density at radius 2 is 1.08 bits per heavy atom. The highest BCUT2D eigenvalue weighted by molar-refractivity contribution is 5.72. The minimum absolute atomic E-state index is 0.0458. The van der Waals surface area contributed by atoms with Gasteiger partial charge in [0.2, 0.25) is 0 Å². The molecule has 280 valence electrons. The van der Waals surface area contributed by atoms with Crippen LogP contribution in [-0.4, -0.2) is 23.0 Å². The van der Waals surface area contributed by atoms with Crippen LogP contribution in [0.4, 0.5) is 11.4 Å². The Morgan fingerprint density at radius 1 is 0.615 bits per heavy atom. The second-order valence-corrected chi connectivity index (χ2v) is 14.3. The van der Waals surface area contributed by atoms with Crippen molar-refractivity contribution in [3.63, 3.8) is 0 Å². The molecule has 0 unspecified atom stereocenters. The van der Waals surface area contributed by atoms with Crippen molar-refractivity contribution in [2.24, 2.45) is 0 Å². The van der Waals surface area contributed by atoms with Gasteiger partial charge in [-0.1, -0.05) is 166 Å². The zero-order valence-electron chi connectivity index (χ0n) is 32.2. The van der Waals surface area contributed by atoms with E-state index in [1.807, 2.05) is 30.5 Å². The first-order chi connectivity index (χ1) is 25.5. The van der Waals surface area contributed by atoms with Crippen molar-refractivity contribution in [3.8, 4) is 6.07 Å². The molecule has 3 rings (SSSR count). The maximum absolute atomic E-state index is 11.1. The van der Waals surface area contributed by atoms with Crippen LogP contribution in [0.1, 0.15) is 170 Å². The van der Waals surface area contributed by atoms with Gasteiger partial charge in [0.25, 0.3) is 5.69 Å². The standard InChI is InChI=1S/C46H64N4O2/c1-3-5-7-9-11-13-15-17-19-21-35-49(36-22-20-18-16-14-12-10-8-6-4-2)45-32-27-40(28-33-45)23-24-42-26-31-44(48-39-42)30-25-41-29-34-46(50(51)52)43(37-41)38-47/h23-34,37,39H,3-22,35-36H2,1-2H3. The van der Waals surface area contributed by atoms with Crippen LogP contribution >= 0.6 is 0 Å². The lowest BCUT2D eigenvalue weighted by Gasteiger charge is -2.25. The molecular formula is C46H64N4O2. The van der Waals surface area contributed by atoms with Crippen molar-refractivity contribution in [3.05, 3.63) is 98.9 Å². The number of hydrogen-bond donors (Lipinski definition) is 0. The number of nitro benzene ring substituents is 1. The molecule has 0 fully saturated rings. The van der Waals surface area contributed by atoms with Crippen molar-refractivity contribution in [2.75, 3.05) is 18.0 Å². The molecule has 1 aromatic heterocycles. The van der Waals surface area contributed by atoms with Crippen LogP contribution in [0.5, 0.6) is 0 Å². The average molecular weight is 705 g/mol. The topological polar surface area (TPSA) is 83.1 Å². The molecule has 0 amide bonds. The Bertz CT molecular complexity index is 1480. The number of unbranched alkanes of at least 4 members (excludes halogenated alkanes) is 18. The van der Waals surface area contributed by atoms with Crippen molar-refractivity contribution in [1.29, 1.82) is 5.26 Å². The molecule has 6 heteroatoms. The van der Waals surface area contributed by atoms with Crippen LogP contribution in [0.2, 0.25) is 0 Å². The van der Waals surface area contributed by atoms with E-state index < -0.39 is 4.92 Å². The zero-order chi connectivity index (χ0) is 37.1. The van der Waals surface area contributed by atoms with E-state index in [0.29, 0.717) is 5.56 Å². The van der Waals surface area contributed by atoms with Crippen molar-refractivity contribution in [1.82, 2.24) is 4.98 Å². The van der Waals surface area contributed by atoms with Crippen molar-refractivity contribution in [2.45, 2.75) is 142 Å². The predicted molar refractivity (Wildman–Crippen MR) is 222 cm³/mol.